The molecule has 0 aromatic heterocycles. The fourth-order valence-corrected chi connectivity index (χ4v) is 2.12. The van der Waals surface area contributed by atoms with E-state index in [4.69, 9.17) is 9.84 Å². The Morgan fingerprint density at radius 2 is 2.35 bits per heavy atom. The molecule has 0 radical (unpaired) electrons. The quantitative estimate of drug-likeness (QED) is 0.589. The molecule has 0 aromatic rings. The molecule has 1 atom stereocenters. The number of nitrogens with one attached hydrogen (secondary N) is 1. The highest BCUT2D eigenvalue weighted by molar-refractivity contribution is 5.82. The second-order valence-electron chi connectivity index (χ2n) is 4.27. The lowest BCUT2D eigenvalue weighted by Gasteiger charge is -2.32. The second kappa shape index (κ2) is 8.44. The van der Waals surface area contributed by atoms with Crippen molar-refractivity contribution in [1.82, 2.24) is 10.2 Å². The summed E-state index contributed by atoms with van der Waals surface area (Å²) in [6.07, 6.45) is 2.86. The van der Waals surface area contributed by atoms with Crippen LogP contribution >= 0.6 is 0 Å². The average Bonchev–Trinajstić information content (AvgIpc) is 2.33. The molecule has 1 saturated heterocycles. The van der Waals surface area contributed by atoms with Gasteiger partial charge in [-0.3, -0.25) is 4.79 Å². The SMILES string of the molecule is CCNC1CCCN(CCCOCCO)C1=O. The number of amides is 1. The monoisotopic (exact) mass is 244 g/mol. The van der Waals surface area contributed by atoms with Gasteiger partial charge in [0.15, 0.2) is 0 Å². The van der Waals surface area contributed by atoms with E-state index in [0.717, 1.165) is 38.9 Å². The Hall–Kier alpha value is -0.650. The molecule has 5 nitrogen and oxygen atoms in total. The molecule has 100 valence electrons. The molecule has 0 aromatic carbocycles. The molecule has 1 aliphatic heterocycles. The molecule has 17 heavy (non-hydrogen) atoms. The Balaban J connectivity index is 2.20. The summed E-state index contributed by atoms with van der Waals surface area (Å²) in [5.41, 5.74) is 0. The van der Waals surface area contributed by atoms with E-state index in [1.54, 1.807) is 0 Å². The summed E-state index contributed by atoms with van der Waals surface area (Å²) in [6.45, 7) is 5.53. The molecule has 1 heterocycles. The number of carbonyl (C=O) groups excluding carboxylic acids is 1. The van der Waals surface area contributed by atoms with Gasteiger partial charge in [-0.25, -0.2) is 0 Å². The topological polar surface area (TPSA) is 61.8 Å². The third-order valence-electron chi connectivity index (χ3n) is 2.93. The van der Waals surface area contributed by atoms with Gasteiger partial charge < -0.3 is 20.1 Å². The largest absolute Gasteiger partial charge is 0.394 e. The van der Waals surface area contributed by atoms with Crippen LogP contribution in [0.15, 0.2) is 0 Å². The minimum atomic E-state index is 0.00658. The van der Waals surface area contributed by atoms with Crippen LogP contribution in [0.1, 0.15) is 26.2 Å². The summed E-state index contributed by atoms with van der Waals surface area (Å²) in [4.78, 5) is 13.9. The molecular weight excluding hydrogens is 220 g/mol. The van der Waals surface area contributed by atoms with Gasteiger partial charge in [-0.15, -0.1) is 0 Å². The maximum atomic E-state index is 12.0. The van der Waals surface area contributed by atoms with Crippen molar-refractivity contribution in [1.29, 1.82) is 0 Å². The smallest absolute Gasteiger partial charge is 0.239 e. The third-order valence-corrected chi connectivity index (χ3v) is 2.93. The molecular formula is C12H24N2O3. The van der Waals surface area contributed by atoms with Crippen molar-refractivity contribution in [2.45, 2.75) is 32.2 Å². The van der Waals surface area contributed by atoms with Crippen molar-refractivity contribution in [3.05, 3.63) is 0 Å². The van der Waals surface area contributed by atoms with Crippen LogP contribution in [-0.2, 0) is 9.53 Å². The van der Waals surface area contributed by atoms with Crippen molar-refractivity contribution >= 4 is 5.91 Å². The van der Waals surface area contributed by atoms with E-state index in [0.29, 0.717) is 13.2 Å². The minimum Gasteiger partial charge on any atom is -0.394 e. The Labute approximate surface area is 103 Å². The predicted octanol–water partition coefficient (Wildman–Crippen LogP) is -0.0141. The van der Waals surface area contributed by atoms with E-state index in [2.05, 4.69) is 5.32 Å². The van der Waals surface area contributed by atoms with Gasteiger partial charge in [0.2, 0.25) is 5.91 Å². The standard InChI is InChI=1S/C12H24N2O3/c1-2-13-11-5-3-6-14(12(11)16)7-4-9-17-10-8-15/h11,13,15H,2-10H2,1H3. The fourth-order valence-electron chi connectivity index (χ4n) is 2.12. The third kappa shape index (κ3) is 5.02. The van der Waals surface area contributed by atoms with Crippen molar-refractivity contribution in [2.24, 2.45) is 0 Å². The zero-order valence-electron chi connectivity index (χ0n) is 10.7. The van der Waals surface area contributed by atoms with Gasteiger partial charge in [0, 0.05) is 19.7 Å². The normalized spacial score (nSPS) is 20.9. The summed E-state index contributed by atoms with van der Waals surface area (Å²) in [5, 5.41) is 11.8. The van der Waals surface area contributed by atoms with E-state index in [1.807, 2.05) is 11.8 Å². The highest BCUT2D eigenvalue weighted by Crippen LogP contribution is 2.11. The summed E-state index contributed by atoms with van der Waals surface area (Å²) < 4.78 is 5.18. The van der Waals surface area contributed by atoms with Gasteiger partial charge in [0.25, 0.3) is 0 Å². The highest BCUT2D eigenvalue weighted by Gasteiger charge is 2.27. The number of hydrogen-bond acceptors (Lipinski definition) is 4. The molecule has 0 aliphatic carbocycles. The van der Waals surface area contributed by atoms with E-state index in [-0.39, 0.29) is 18.6 Å². The summed E-state index contributed by atoms with van der Waals surface area (Å²) in [5.74, 6) is 0.222. The van der Waals surface area contributed by atoms with Gasteiger partial charge in [-0.05, 0) is 25.8 Å². The first-order chi connectivity index (χ1) is 8.29. The molecule has 1 rings (SSSR count). The second-order valence-corrected chi connectivity index (χ2v) is 4.27. The number of piperidine rings is 1. The zero-order valence-corrected chi connectivity index (χ0v) is 10.7. The van der Waals surface area contributed by atoms with Crippen LogP contribution < -0.4 is 5.32 Å². The van der Waals surface area contributed by atoms with E-state index >= 15 is 0 Å². The Bertz CT molecular complexity index is 222. The maximum absolute atomic E-state index is 12.0. The lowest BCUT2D eigenvalue weighted by molar-refractivity contribution is -0.136. The molecule has 0 saturated carbocycles. The molecule has 0 spiro atoms. The molecule has 1 aliphatic rings. The number of aliphatic hydroxyl groups is 1. The highest BCUT2D eigenvalue weighted by atomic mass is 16.5. The Morgan fingerprint density at radius 1 is 1.53 bits per heavy atom. The fraction of sp³-hybridized carbons (Fsp3) is 0.917. The van der Waals surface area contributed by atoms with E-state index in [1.165, 1.54) is 0 Å². The van der Waals surface area contributed by atoms with E-state index < -0.39 is 0 Å². The van der Waals surface area contributed by atoms with Crippen LogP contribution in [0.2, 0.25) is 0 Å². The first-order valence-corrected chi connectivity index (χ1v) is 6.50. The molecule has 2 N–H and O–H groups in total. The number of hydrogen-bond donors (Lipinski definition) is 2. The Morgan fingerprint density at radius 3 is 3.06 bits per heavy atom. The van der Waals surface area contributed by atoms with Crippen LogP contribution in [0.25, 0.3) is 0 Å². The van der Waals surface area contributed by atoms with Crippen LogP contribution in [0.4, 0.5) is 0 Å². The minimum absolute atomic E-state index is 0.00658. The van der Waals surface area contributed by atoms with Crippen LogP contribution in [0.5, 0.6) is 0 Å². The first-order valence-electron chi connectivity index (χ1n) is 6.50. The van der Waals surface area contributed by atoms with E-state index in [9.17, 15) is 4.79 Å². The number of nitrogens with zero attached hydrogens (tertiary/aromatic N) is 1. The lowest BCUT2D eigenvalue weighted by atomic mass is 10.0. The average molecular weight is 244 g/mol. The first kappa shape index (κ1) is 14.4. The molecule has 0 bridgehead atoms. The number of rotatable bonds is 8. The number of ether oxygens (including phenoxy) is 1. The summed E-state index contributed by atoms with van der Waals surface area (Å²) in [7, 11) is 0. The molecule has 1 amide bonds. The van der Waals surface area contributed by atoms with Crippen molar-refractivity contribution < 1.29 is 14.6 Å². The van der Waals surface area contributed by atoms with Crippen LogP contribution in [-0.4, -0.2) is 61.4 Å². The van der Waals surface area contributed by atoms with Crippen molar-refractivity contribution in [2.75, 3.05) is 39.5 Å². The Kier molecular flexibility index (Phi) is 7.16. The van der Waals surface area contributed by atoms with Gasteiger partial charge in [-0.1, -0.05) is 6.92 Å². The van der Waals surface area contributed by atoms with Crippen molar-refractivity contribution in [3.8, 4) is 0 Å². The summed E-state index contributed by atoms with van der Waals surface area (Å²) in [6, 6.07) is 0.00658. The number of likely N-dealkylation sites (tertiary alicyclic amines) is 1. The number of likely N-dealkylation sites (N-methyl/N-ethyl adjacent to an activating group) is 1. The predicted molar refractivity (Wildman–Crippen MR) is 65.8 cm³/mol. The number of aliphatic hydroxyl groups excluding tert-OH is 1. The molecule has 1 unspecified atom stereocenters. The van der Waals surface area contributed by atoms with Gasteiger partial charge in [0.05, 0.1) is 19.3 Å². The zero-order chi connectivity index (χ0) is 12.5. The molecule has 1 fully saturated rings. The lowest BCUT2D eigenvalue weighted by Crippen LogP contribution is -2.50. The van der Waals surface area contributed by atoms with Gasteiger partial charge in [0.1, 0.15) is 0 Å². The van der Waals surface area contributed by atoms with Gasteiger partial charge >= 0.3 is 0 Å². The van der Waals surface area contributed by atoms with Crippen LogP contribution in [0.3, 0.4) is 0 Å². The molecule has 5 heteroatoms. The number of carbonyl (C=O) groups is 1. The summed E-state index contributed by atoms with van der Waals surface area (Å²) >= 11 is 0. The van der Waals surface area contributed by atoms with Crippen LogP contribution in [0, 0.1) is 0 Å². The van der Waals surface area contributed by atoms with Crippen molar-refractivity contribution in [3.63, 3.8) is 0 Å². The maximum Gasteiger partial charge on any atom is 0.239 e. The van der Waals surface area contributed by atoms with Gasteiger partial charge in [-0.2, -0.15) is 0 Å².